The van der Waals surface area contributed by atoms with Gasteiger partial charge in [0.1, 0.15) is 5.60 Å². The molecule has 0 radical (unpaired) electrons. The highest BCUT2D eigenvalue weighted by Crippen LogP contribution is 2.38. The molecule has 0 bridgehead atoms. The number of nitrogen functional groups attached to an aromatic ring is 1. The van der Waals surface area contributed by atoms with E-state index in [1.807, 2.05) is 27.7 Å². The Morgan fingerprint density at radius 2 is 1.89 bits per heavy atom. The number of amides is 1. The zero-order chi connectivity index (χ0) is 21.3. The van der Waals surface area contributed by atoms with Crippen molar-refractivity contribution in [2.45, 2.75) is 65.3 Å². The summed E-state index contributed by atoms with van der Waals surface area (Å²) in [4.78, 5) is 20.3. The molecule has 8 nitrogen and oxygen atoms in total. The molecule has 1 aliphatic heterocycles. The molecule has 1 aromatic rings. The molecular weight excluding hydrogens is 382 g/mol. The first-order valence-corrected chi connectivity index (χ1v) is 9.39. The Hall–Kier alpha value is -1.84. The number of aromatic nitrogens is 2. The molecule has 2 heterocycles. The first-order valence-electron chi connectivity index (χ1n) is 9.01. The van der Waals surface area contributed by atoms with Crippen molar-refractivity contribution < 1.29 is 18.8 Å². The molecule has 2 rings (SSSR count). The van der Waals surface area contributed by atoms with Crippen LogP contribution in [0.5, 0.6) is 0 Å². The van der Waals surface area contributed by atoms with Gasteiger partial charge in [0.25, 0.3) is 0 Å². The van der Waals surface area contributed by atoms with E-state index in [1.165, 1.54) is 6.20 Å². The van der Waals surface area contributed by atoms with Crippen molar-refractivity contribution in [1.29, 1.82) is 0 Å². The maximum atomic E-state index is 12.1. The minimum Gasteiger partial charge on any atom is -0.444 e. The second-order valence-electron chi connectivity index (χ2n) is 8.63. The second-order valence-corrected chi connectivity index (χ2v) is 8.99. The molecule has 0 spiro atoms. The number of nitrogens with zero attached hydrogens (tertiary/aromatic N) is 2. The van der Waals surface area contributed by atoms with Gasteiger partial charge >= 0.3 is 13.2 Å². The fraction of sp³-hybridized carbons (Fsp3) is 0.611. The molecule has 10 heteroatoms. The number of carbonyl (C=O) groups excluding carboxylic acids is 1. The molecule has 3 N–H and O–H groups in total. The quantitative estimate of drug-likeness (QED) is 0.733. The third kappa shape index (κ3) is 5.59. The maximum absolute atomic E-state index is 12.1. The molecule has 0 unspecified atom stereocenters. The number of nitrogens with two attached hydrogens (primary N) is 1. The number of nitrogens with one attached hydrogen (secondary N) is 1. The predicted octanol–water partition coefficient (Wildman–Crippen LogP) is 3.25. The van der Waals surface area contributed by atoms with Gasteiger partial charge in [-0.25, -0.2) is 14.8 Å². The number of ether oxygens (including phenoxy) is 1. The number of hydrogen-bond acceptors (Lipinski definition) is 7. The zero-order valence-corrected chi connectivity index (χ0v) is 18.2. The van der Waals surface area contributed by atoms with Gasteiger partial charge in [-0.2, -0.15) is 0 Å². The van der Waals surface area contributed by atoms with Gasteiger partial charge in [0.15, 0.2) is 11.0 Å². The fourth-order valence-corrected chi connectivity index (χ4v) is 2.48. The van der Waals surface area contributed by atoms with Gasteiger partial charge in [0.05, 0.1) is 23.1 Å². The summed E-state index contributed by atoms with van der Waals surface area (Å²) in [7, 11) is -0.682. The summed E-state index contributed by atoms with van der Waals surface area (Å²) in [5, 5.41) is 2.82. The van der Waals surface area contributed by atoms with Crippen molar-refractivity contribution in [3.05, 3.63) is 22.5 Å². The molecule has 0 aromatic carbocycles. The Morgan fingerprint density at radius 1 is 1.32 bits per heavy atom. The highest BCUT2D eigenvalue weighted by atomic mass is 35.5. The summed E-state index contributed by atoms with van der Waals surface area (Å²) < 4.78 is 17.5. The lowest BCUT2D eigenvalue weighted by Gasteiger charge is -2.32. The molecule has 1 fully saturated rings. The normalized spacial score (nSPS) is 18.9. The Morgan fingerprint density at radius 3 is 2.39 bits per heavy atom. The minimum atomic E-state index is -0.682. The molecule has 1 saturated heterocycles. The average molecular weight is 411 g/mol. The molecule has 1 aliphatic rings. The zero-order valence-electron chi connectivity index (χ0n) is 17.4. The van der Waals surface area contributed by atoms with Crippen LogP contribution < -0.4 is 11.1 Å². The van der Waals surface area contributed by atoms with Crippen LogP contribution in [0.15, 0.2) is 11.7 Å². The van der Waals surface area contributed by atoms with Crippen LogP contribution in [0, 0.1) is 0 Å². The Labute approximate surface area is 171 Å². The molecule has 154 valence electrons. The molecule has 0 saturated carbocycles. The van der Waals surface area contributed by atoms with Crippen molar-refractivity contribution in [3.63, 3.8) is 0 Å². The number of alkyl carbamates (subject to hydrolysis) is 1. The van der Waals surface area contributed by atoms with Crippen molar-refractivity contribution >= 4 is 36.7 Å². The monoisotopic (exact) mass is 410 g/mol. The van der Waals surface area contributed by atoms with Crippen LogP contribution in [0.25, 0.3) is 6.08 Å². The summed E-state index contributed by atoms with van der Waals surface area (Å²) in [5.41, 5.74) is 5.05. The second kappa shape index (κ2) is 7.89. The summed E-state index contributed by atoms with van der Waals surface area (Å²) in [6.07, 6.45) is 2.65. The average Bonchev–Trinajstić information content (AvgIpc) is 2.73. The van der Waals surface area contributed by atoms with E-state index in [2.05, 4.69) is 15.3 Å². The summed E-state index contributed by atoms with van der Waals surface area (Å²) in [6, 6.07) is 0. The van der Waals surface area contributed by atoms with Crippen LogP contribution in [0.3, 0.4) is 0 Å². The molecule has 28 heavy (non-hydrogen) atoms. The third-order valence-electron chi connectivity index (χ3n) is 4.50. The van der Waals surface area contributed by atoms with Crippen LogP contribution in [0.2, 0.25) is 5.15 Å². The molecule has 1 aromatic heterocycles. The van der Waals surface area contributed by atoms with Crippen molar-refractivity contribution in [1.82, 2.24) is 15.3 Å². The summed E-state index contributed by atoms with van der Waals surface area (Å²) in [6.45, 7) is 13.3. The molecule has 1 amide bonds. The van der Waals surface area contributed by atoms with Gasteiger partial charge in [-0.3, -0.25) is 0 Å². The SMILES string of the molecule is CC(C)(C)OC(=O)NCC(=Cc1cnc(N)c(Cl)n1)B1OC(C)(C)C(C)(C)O1. The first kappa shape index (κ1) is 22.5. The fourth-order valence-electron chi connectivity index (χ4n) is 2.33. The van der Waals surface area contributed by atoms with E-state index in [4.69, 9.17) is 31.4 Å². The van der Waals surface area contributed by atoms with Gasteiger partial charge in [0.2, 0.25) is 0 Å². The lowest BCUT2D eigenvalue weighted by atomic mass is 9.77. The highest BCUT2D eigenvalue weighted by Gasteiger charge is 2.52. The molecular formula is C18H28BClN4O4. The van der Waals surface area contributed by atoms with Crippen LogP contribution >= 0.6 is 11.6 Å². The van der Waals surface area contributed by atoms with E-state index in [9.17, 15) is 4.79 Å². The van der Waals surface area contributed by atoms with E-state index in [0.717, 1.165) is 0 Å². The number of halogens is 1. The van der Waals surface area contributed by atoms with Crippen molar-refractivity contribution in [2.24, 2.45) is 0 Å². The van der Waals surface area contributed by atoms with E-state index in [-0.39, 0.29) is 17.5 Å². The number of anilines is 1. The van der Waals surface area contributed by atoms with E-state index >= 15 is 0 Å². The minimum absolute atomic E-state index is 0.0992. The lowest BCUT2D eigenvalue weighted by molar-refractivity contribution is 0.00578. The van der Waals surface area contributed by atoms with Crippen LogP contribution in [-0.4, -0.2) is 46.5 Å². The van der Waals surface area contributed by atoms with Crippen molar-refractivity contribution in [2.75, 3.05) is 12.3 Å². The van der Waals surface area contributed by atoms with Gasteiger partial charge < -0.3 is 25.1 Å². The van der Waals surface area contributed by atoms with E-state index < -0.39 is 30.0 Å². The van der Waals surface area contributed by atoms with Gasteiger partial charge in [-0.15, -0.1) is 0 Å². The van der Waals surface area contributed by atoms with Gasteiger partial charge in [-0.1, -0.05) is 11.6 Å². The smallest absolute Gasteiger partial charge is 0.444 e. The number of hydrogen-bond donors (Lipinski definition) is 2. The maximum Gasteiger partial charge on any atom is 0.492 e. The largest absolute Gasteiger partial charge is 0.492 e. The van der Waals surface area contributed by atoms with E-state index in [1.54, 1.807) is 26.8 Å². The number of rotatable bonds is 4. The van der Waals surface area contributed by atoms with Crippen molar-refractivity contribution in [3.8, 4) is 0 Å². The van der Waals surface area contributed by atoms with Crippen LogP contribution in [0.4, 0.5) is 10.6 Å². The number of carbonyl (C=O) groups is 1. The first-order chi connectivity index (χ1) is 12.7. The highest BCUT2D eigenvalue weighted by molar-refractivity contribution is 6.56. The third-order valence-corrected chi connectivity index (χ3v) is 4.78. The summed E-state index contributed by atoms with van der Waals surface area (Å²) >= 11 is 5.97. The standard InChI is InChI=1S/C18H28BClN4O4/c1-16(2,3)26-15(25)23-9-11(8-12-10-22-14(21)13(20)24-12)19-27-17(4,5)18(6,7)28-19/h8,10H,9H2,1-7H3,(H2,21,22)(H,23,25). The molecule has 0 atom stereocenters. The van der Waals surface area contributed by atoms with Crippen LogP contribution in [-0.2, 0) is 14.0 Å². The lowest BCUT2D eigenvalue weighted by Crippen LogP contribution is -2.41. The Balaban J connectivity index is 2.27. The topological polar surface area (TPSA) is 109 Å². The summed E-state index contributed by atoms with van der Waals surface area (Å²) in [5.74, 6) is 0.142. The van der Waals surface area contributed by atoms with E-state index in [0.29, 0.717) is 11.2 Å². The Bertz CT molecular complexity index is 761. The van der Waals surface area contributed by atoms with Gasteiger partial charge in [-0.05, 0) is 60.0 Å². The predicted molar refractivity (Wildman–Crippen MR) is 110 cm³/mol. The Kier molecular flexibility index (Phi) is 6.32. The van der Waals surface area contributed by atoms with Crippen LogP contribution in [0.1, 0.15) is 54.2 Å². The van der Waals surface area contributed by atoms with Gasteiger partial charge in [0, 0.05) is 6.54 Å². The molecule has 0 aliphatic carbocycles.